The second-order valence-corrected chi connectivity index (χ2v) is 5.14. The molecule has 0 aromatic carbocycles. The number of rotatable bonds is 5. The number of imidazole rings is 1. The molecule has 0 saturated heterocycles. The Hall–Kier alpha value is -1.89. The van der Waals surface area contributed by atoms with E-state index in [0.29, 0.717) is 12.4 Å². The van der Waals surface area contributed by atoms with E-state index in [1.807, 2.05) is 16.3 Å². The first kappa shape index (κ1) is 14.1. The Kier molecular flexibility index (Phi) is 3.67. The number of aryl methyl sites for hydroxylation is 3. The van der Waals surface area contributed by atoms with Crippen LogP contribution in [0.2, 0.25) is 0 Å². The molecule has 0 spiro atoms. The molecule has 7 nitrogen and oxygen atoms in total. The molecule has 3 aromatic rings. The van der Waals surface area contributed by atoms with E-state index in [9.17, 15) is 0 Å². The van der Waals surface area contributed by atoms with Crippen LogP contribution < -0.4 is 0 Å². The molecule has 0 unspecified atom stereocenters. The zero-order valence-electron chi connectivity index (χ0n) is 12.4. The highest BCUT2D eigenvalue weighted by Crippen LogP contribution is 2.22. The monoisotopic (exact) mass is 307 g/mol. The van der Waals surface area contributed by atoms with Crippen LogP contribution in [0.15, 0.2) is 6.33 Å². The van der Waals surface area contributed by atoms with E-state index in [2.05, 4.69) is 38.7 Å². The highest BCUT2D eigenvalue weighted by atomic mass is 35.5. The zero-order chi connectivity index (χ0) is 15.0. The lowest BCUT2D eigenvalue weighted by molar-refractivity contribution is 0.631. The van der Waals surface area contributed by atoms with Gasteiger partial charge in [0.1, 0.15) is 17.7 Å². The third-order valence-electron chi connectivity index (χ3n) is 3.66. The largest absolute Gasteiger partial charge is 0.316 e. The van der Waals surface area contributed by atoms with Crippen LogP contribution >= 0.6 is 11.6 Å². The standard InChI is InChI=1S/C13H18ClN7/c1-4-9-12-13(19(3)18-9)21(10(6-14)16-12)7-11-17-15-8-20(11)5-2/h8H,4-7H2,1-3H3. The predicted molar refractivity (Wildman–Crippen MR) is 80.2 cm³/mol. The van der Waals surface area contributed by atoms with Gasteiger partial charge in [-0.3, -0.25) is 4.68 Å². The fraction of sp³-hybridized carbons (Fsp3) is 0.538. The van der Waals surface area contributed by atoms with Crippen LogP contribution in [0.4, 0.5) is 0 Å². The predicted octanol–water partition coefficient (Wildman–Crippen LogP) is 1.73. The van der Waals surface area contributed by atoms with Crippen molar-refractivity contribution in [1.82, 2.24) is 34.1 Å². The van der Waals surface area contributed by atoms with Gasteiger partial charge in [-0.25, -0.2) is 4.98 Å². The van der Waals surface area contributed by atoms with Crippen molar-refractivity contribution in [3.8, 4) is 0 Å². The molecule has 8 heteroatoms. The lowest BCUT2D eigenvalue weighted by Crippen LogP contribution is -2.12. The van der Waals surface area contributed by atoms with E-state index in [4.69, 9.17) is 11.6 Å². The summed E-state index contributed by atoms with van der Waals surface area (Å²) in [4.78, 5) is 4.65. The zero-order valence-corrected chi connectivity index (χ0v) is 13.2. The molecule has 112 valence electrons. The smallest absolute Gasteiger partial charge is 0.159 e. The molecule has 0 fully saturated rings. The summed E-state index contributed by atoms with van der Waals surface area (Å²) in [6, 6.07) is 0. The van der Waals surface area contributed by atoms with Crippen molar-refractivity contribution in [3.05, 3.63) is 23.7 Å². The third-order valence-corrected chi connectivity index (χ3v) is 3.90. The van der Waals surface area contributed by atoms with Crippen LogP contribution in [0.3, 0.4) is 0 Å². The van der Waals surface area contributed by atoms with Crippen LogP contribution in [0.5, 0.6) is 0 Å². The lowest BCUT2D eigenvalue weighted by Gasteiger charge is -2.08. The molecular weight excluding hydrogens is 290 g/mol. The van der Waals surface area contributed by atoms with E-state index in [0.717, 1.165) is 41.5 Å². The fourth-order valence-corrected chi connectivity index (χ4v) is 2.80. The Bertz CT molecular complexity index is 767. The van der Waals surface area contributed by atoms with Gasteiger partial charge in [0.15, 0.2) is 11.5 Å². The van der Waals surface area contributed by atoms with Gasteiger partial charge in [-0.15, -0.1) is 21.8 Å². The van der Waals surface area contributed by atoms with Crippen molar-refractivity contribution in [2.75, 3.05) is 0 Å². The molecule has 0 amide bonds. The van der Waals surface area contributed by atoms with Gasteiger partial charge in [0.25, 0.3) is 0 Å². The molecule has 0 radical (unpaired) electrons. The first-order valence-electron chi connectivity index (χ1n) is 7.03. The lowest BCUT2D eigenvalue weighted by atomic mass is 10.3. The Morgan fingerprint density at radius 3 is 2.71 bits per heavy atom. The number of alkyl halides is 1. The van der Waals surface area contributed by atoms with Crippen molar-refractivity contribution < 1.29 is 0 Å². The molecule has 0 aliphatic carbocycles. The Morgan fingerprint density at radius 2 is 2.05 bits per heavy atom. The molecule has 3 rings (SSSR count). The van der Waals surface area contributed by atoms with Gasteiger partial charge in [0.05, 0.1) is 18.1 Å². The summed E-state index contributed by atoms with van der Waals surface area (Å²) in [5.41, 5.74) is 2.90. The summed E-state index contributed by atoms with van der Waals surface area (Å²) in [6.45, 7) is 5.57. The van der Waals surface area contributed by atoms with Crippen molar-refractivity contribution in [2.45, 2.75) is 39.2 Å². The van der Waals surface area contributed by atoms with Crippen molar-refractivity contribution in [3.63, 3.8) is 0 Å². The minimum atomic E-state index is 0.359. The number of fused-ring (bicyclic) bond motifs is 1. The number of nitrogens with zero attached hydrogens (tertiary/aromatic N) is 7. The molecule has 0 N–H and O–H groups in total. The summed E-state index contributed by atoms with van der Waals surface area (Å²) in [5.74, 6) is 2.08. The first-order valence-corrected chi connectivity index (χ1v) is 7.56. The van der Waals surface area contributed by atoms with Gasteiger partial charge in [0.2, 0.25) is 0 Å². The quantitative estimate of drug-likeness (QED) is 0.673. The molecule has 3 heterocycles. The van der Waals surface area contributed by atoms with Crippen molar-refractivity contribution in [2.24, 2.45) is 7.05 Å². The highest BCUT2D eigenvalue weighted by Gasteiger charge is 2.19. The van der Waals surface area contributed by atoms with E-state index >= 15 is 0 Å². The van der Waals surface area contributed by atoms with Gasteiger partial charge in [-0.05, 0) is 13.3 Å². The van der Waals surface area contributed by atoms with E-state index in [1.165, 1.54) is 0 Å². The maximum absolute atomic E-state index is 6.07. The van der Waals surface area contributed by atoms with Crippen LogP contribution in [0.25, 0.3) is 11.2 Å². The molecular formula is C13H18ClN7. The number of hydrogen-bond acceptors (Lipinski definition) is 4. The molecule has 0 saturated carbocycles. The second-order valence-electron chi connectivity index (χ2n) is 4.88. The summed E-state index contributed by atoms with van der Waals surface area (Å²) < 4.78 is 5.95. The van der Waals surface area contributed by atoms with Gasteiger partial charge >= 0.3 is 0 Å². The summed E-state index contributed by atoms with van der Waals surface area (Å²) in [6.07, 6.45) is 2.59. The topological polar surface area (TPSA) is 66.3 Å². The number of halogens is 1. The van der Waals surface area contributed by atoms with E-state index in [-0.39, 0.29) is 0 Å². The van der Waals surface area contributed by atoms with Crippen LogP contribution in [-0.4, -0.2) is 34.1 Å². The third kappa shape index (κ3) is 2.21. The summed E-state index contributed by atoms with van der Waals surface area (Å²) in [7, 11) is 1.93. The Labute approximate surface area is 127 Å². The molecule has 0 aliphatic rings. The van der Waals surface area contributed by atoms with Gasteiger partial charge < -0.3 is 9.13 Å². The SMILES string of the molecule is CCc1nn(C)c2c1nc(CCl)n2Cc1nncn1CC. The minimum absolute atomic E-state index is 0.359. The van der Waals surface area contributed by atoms with E-state index < -0.39 is 0 Å². The fourth-order valence-electron chi connectivity index (χ4n) is 2.60. The van der Waals surface area contributed by atoms with Crippen molar-refractivity contribution >= 4 is 22.8 Å². The van der Waals surface area contributed by atoms with Gasteiger partial charge in [0, 0.05) is 13.6 Å². The van der Waals surface area contributed by atoms with Gasteiger partial charge in [-0.2, -0.15) is 5.10 Å². The average Bonchev–Trinajstić information content (AvgIpc) is 3.15. The molecule has 0 aliphatic heterocycles. The average molecular weight is 308 g/mol. The van der Waals surface area contributed by atoms with E-state index in [1.54, 1.807) is 6.33 Å². The maximum atomic E-state index is 6.07. The van der Waals surface area contributed by atoms with Crippen LogP contribution in [0.1, 0.15) is 31.2 Å². The highest BCUT2D eigenvalue weighted by molar-refractivity contribution is 6.16. The minimum Gasteiger partial charge on any atom is -0.316 e. The maximum Gasteiger partial charge on any atom is 0.159 e. The number of hydrogen-bond donors (Lipinski definition) is 0. The first-order chi connectivity index (χ1) is 10.2. The van der Waals surface area contributed by atoms with Crippen LogP contribution in [0, 0.1) is 0 Å². The molecule has 0 atom stereocenters. The molecule has 0 bridgehead atoms. The summed E-state index contributed by atoms with van der Waals surface area (Å²) in [5, 5.41) is 12.7. The normalized spacial score (nSPS) is 11.6. The van der Waals surface area contributed by atoms with Crippen molar-refractivity contribution in [1.29, 1.82) is 0 Å². The summed E-state index contributed by atoms with van der Waals surface area (Å²) >= 11 is 6.07. The molecule has 21 heavy (non-hydrogen) atoms. The number of aromatic nitrogens is 7. The Morgan fingerprint density at radius 1 is 1.24 bits per heavy atom. The van der Waals surface area contributed by atoms with Gasteiger partial charge in [-0.1, -0.05) is 6.92 Å². The van der Waals surface area contributed by atoms with Crippen LogP contribution in [-0.2, 0) is 32.4 Å². The molecule has 3 aromatic heterocycles. The Balaban J connectivity index is 2.14. The second kappa shape index (κ2) is 5.48.